The number of pyridine rings is 1. The Kier molecular flexibility index (Phi) is 3.81. The summed E-state index contributed by atoms with van der Waals surface area (Å²) >= 11 is 3.53. The first-order chi connectivity index (χ1) is 9.69. The summed E-state index contributed by atoms with van der Waals surface area (Å²) in [5.41, 5.74) is 8.97. The number of nitrogens with two attached hydrogens (primary N) is 1. The Morgan fingerprint density at radius 1 is 1.45 bits per heavy atom. The third-order valence-corrected chi connectivity index (χ3v) is 4.35. The number of piperidine rings is 1. The fourth-order valence-corrected chi connectivity index (χ4v) is 3.21. The van der Waals surface area contributed by atoms with Gasteiger partial charge in [0.15, 0.2) is 0 Å². The van der Waals surface area contributed by atoms with Crippen molar-refractivity contribution in [3.8, 4) is 0 Å². The van der Waals surface area contributed by atoms with E-state index in [9.17, 15) is 0 Å². The normalized spacial score (nSPS) is 19.5. The quantitative estimate of drug-likeness (QED) is 0.915. The van der Waals surface area contributed by atoms with Crippen LogP contribution in [0.2, 0.25) is 0 Å². The van der Waals surface area contributed by atoms with Gasteiger partial charge in [-0.2, -0.15) is 0 Å². The van der Waals surface area contributed by atoms with Gasteiger partial charge in [0.05, 0.1) is 29.2 Å². The minimum absolute atomic E-state index is 0.276. The summed E-state index contributed by atoms with van der Waals surface area (Å²) in [4.78, 5) is 6.74. The van der Waals surface area contributed by atoms with Crippen molar-refractivity contribution in [3.05, 3.63) is 28.9 Å². The van der Waals surface area contributed by atoms with Crippen LogP contribution in [0.1, 0.15) is 12.8 Å². The van der Waals surface area contributed by atoms with Crippen molar-refractivity contribution < 1.29 is 4.74 Å². The van der Waals surface area contributed by atoms with Gasteiger partial charge in [0, 0.05) is 30.1 Å². The molecule has 0 amide bonds. The number of ether oxygens (including phenoxy) is 1. The first-order valence-corrected chi connectivity index (χ1v) is 7.60. The second-order valence-electron chi connectivity index (χ2n) is 5.17. The van der Waals surface area contributed by atoms with Crippen LogP contribution in [0.3, 0.4) is 0 Å². The number of benzene rings is 1. The number of rotatable bonds is 2. The highest BCUT2D eigenvalue weighted by Gasteiger charge is 2.23. The number of anilines is 2. The van der Waals surface area contributed by atoms with Crippen LogP contribution >= 0.6 is 15.9 Å². The topological polar surface area (TPSA) is 51.4 Å². The summed E-state index contributed by atoms with van der Waals surface area (Å²) in [5, 5.41) is 1.09. The SMILES string of the molecule is COC1CCCN(c2c(N)cnc3ccc(Br)cc23)C1. The molecule has 3 rings (SSSR count). The van der Waals surface area contributed by atoms with Crippen LogP contribution in [-0.2, 0) is 4.74 Å². The molecule has 1 atom stereocenters. The maximum absolute atomic E-state index is 6.19. The van der Waals surface area contributed by atoms with Gasteiger partial charge in [-0.15, -0.1) is 0 Å². The van der Waals surface area contributed by atoms with Crippen LogP contribution < -0.4 is 10.6 Å². The highest BCUT2D eigenvalue weighted by molar-refractivity contribution is 9.10. The molecule has 4 nitrogen and oxygen atoms in total. The number of methoxy groups -OCH3 is 1. The van der Waals surface area contributed by atoms with Crippen LogP contribution in [0.5, 0.6) is 0 Å². The second kappa shape index (κ2) is 5.58. The first kappa shape index (κ1) is 13.6. The molecule has 0 bridgehead atoms. The predicted octanol–water partition coefficient (Wildman–Crippen LogP) is 3.19. The van der Waals surface area contributed by atoms with E-state index in [2.05, 4.69) is 31.9 Å². The molecule has 0 spiro atoms. The summed E-state index contributed by atoms with van der Waals surface area (Å²) in [7, 11) is 1.78. The summed E-state index contributed by atoms with van der Waals surface area (Å²) in [6.07, 6.45) is 4.26. The molecular weight excluding hydrogens is 318 g/mol. The second-order valence-corrected chi connectivity index (χ2v) is 6.09. The van der Waals surface area contributed by atoms with Gasteiger partial charge in [0.2, 0.25) is 0 Å². The fourth-order valence-electron chi connectivity index (χ4n) is 2.85. The first-order valence-electron chi connectivity index (χ1n) is 6.80. The number of hydrogen-bond acceptors (Lipinski definition) is 4. The lowest BCUT2D eigenvalue weighted by molar-refractivity contribution is 0.0894. The number of nitrogens with zero attached hydrogens (tertiary/aromatic N) is 2. The Bertz CT molecular complexity index is 627. The summed E-state index contributed by atoms with van der Waals surface area (Å²) < 4.78 is 6.55. The monoisotopic (exact) mass is 335 g/mol. The zero-order valence-corrected chi connectivity index (χ0v) is 13.1. The van der Waals surface area contributed by atoms with E-state index in [1.54, 1.807) is 13.3 Å². The minimum atomic E-state index is 0.276. The third kappa shape index (κ3) is 2.47. The number of nitrogen functional groups attached to an aromatic ring is 1. The molecular formula is C15H18BrN3O. The lowest BCUT2D eigenvalue weighted by atomic mass is 10.1. The Balaban J connectivity index is 2.09. The molecule has 0 radical (unpaired) electrons. The zero-order valence-electron chi connectivity index (χ0n) is 11.5. The molecule has 1 aliphatic rings. The molecule has 1 aromatic carbocycles. The van der Waals surface area contributed by atoms with Crippen LogP contribution in [-0.4, -0.2) is 31.3 Å². The molecule has 1 fully saturated rings. The van der Waals surface area contributed by atoms with Gasteiger partial charge in [-0.25, -0.2) is 0 Å². The van der Waals surface area contributed by atoms with Crippen molar-refractivity contribution >= 4 is 38.2 Å². The predicted molar refractivity (Wildman–Crippen MR) is 86.1 cm³/mol. The van der Waals surface area contributed by atoms with E-state index in [0.717, 1.165) is 52.7 Å². The Morgan fingerprint density at radius 3 is 3.10 bits per heavy atom. The molecule has 1 aromatic heterocycles. The van der Waals surface area contributed by atoms with E-state index in [1.165, 1.54) is 0 Å². The van der Waals surface area contributed by atoms with E-state index in [0.29, 0.717) is 0 Å². The highest BCUT2D eigenvalue weighted by atomic mass is 79.9. The molecule has 1 aliphatic heterocycles. The van der Waals surface area contributed by atoms with Gasteiger partial charge < -0.3 is 15.4 Å². The van der Waals surface area contributed by atoms with E-state index in [1.807, 2.05) is 12.1 Å². The van der Waals surface area contributed by atoms with Crippen molar-refractivity contribution in [1.29, 1.82) is 0 Å². The van der Waals surface area contributed by atoms with E-state index in [4.69, 9.17) is 10.5 Å². The molecule has 2 heterocycles. The number of hydrogen-bond donors (Lipinski definition) is 1. The van der Waals surface area contributed by atoms with Gasteiger partial charge >= 0.3 is 0 Å². The molecule has 0 aliphatic carbocycles. The van der Waals surface area contributed by atoms with Crippen molar-refractivity contribution in [2.75, 3.05) is 30.8 Å². The number of halogens is 1. The van der Waals surface area contributed by atoms with E-state index >= 15 is 0 Å². The van der Waals surface area contributed by atoms with Crippen molar-refractivity contribution in [3.63, 3.8) is 0 Å². The highest BCUT2D eigenvalue weighted by Crippen LogP contribution is 2.34. The van der Waals surface area contributed by atoms with Crippen molar-refractivity contribution in [2.45, 2.75) is 18.9 Å². The zero-order chi connectivity index (χ0) is 14.1. The van der Waals surface area contributed by atoms with Crippen molar-refractivity contribution in [2.24, 2.45) is 0 Å². The average molecular weight is 336 g/mol. The van der Waals surface area contributed by atoms with Crippen LogP contribution in [0.4, 0.5) is 11.4 Å². The smallest absolute Gasteiger partial charge is 0.0746 e. The summed E-state index contributed by atoms with van der Waals surface area (Å²) in [6.45, 7) is 1.89. The molecule has 20 heavy (non-hydrogen) atoms. The largest absolute Gasteiger partial charge is 0.396 e. The van der Waals surface area contributed by atoms with E-state index in [-0.39, 0.29) is 6.10 Å². The molecule has 5 heteroatoms. The van der Waals surface area contributed by atoms with Gasteiger partial charge in [0.1, 0.15) is 0 Å². The molecule has 2 N–H and O–H groups in total. The minimum Gasteiger partial charge on any atom is -0.396 e. The van der Waals surface area contributed by atoms with Gasteiger partial charge in [-0.1, -0.05) is 15.9 Å². The summed E-state index contributed by atoms with van der Waals surface area (Å²) in [5.74, 6) is 0. The number of aromatic nitrogens is 1. The summed E-state index contributed by atoms with van der Waals surface area (Å²) in [6, 6.07) is 6.11. The average Bonchev–Trinajstić information content (AvgIpc) is 2.47. The lowest BCUT2D eigenvalue weighted by Crippen LogP contribution is -2.39. The lowest BCUT2D eigenvalue weighted by Gasteiger charge is -2.34. The maximum Gasteiger partial charge on any atom is 0.0746 e. The maximum atomic E-state index is 6.19. The van der Waals surface area contributed by atoms with Gasteiger partial charge in [0.25, 0.3) is 0 Å². The van der Waals surface area contributed by atoms with E-state index < -0.39 is 0 Å². The molecule has 1 saturated heterocycles. The van der Waals surface area contributed by atoms with Gasteiger partial charge in [-0.3, -0.25) is 4.98 Å². The molecule has 2 aromatic rings. The number of fused-ring (bicyclic) bond motifs is 1. The fraction of sp³-hybridized carbons (Fsp3) is 0.400. The Hall–Kier alpha value is -1.33. The van der Waals surface area contributed by atoms with Crippen molar-refractivity contribution in [1.82, 2.24) is 4.98 Å². The Labute approximate surface area is 127 Å². The molecule has 0 saturated carbocycles. The van der Waals surface area contributed by atoms with Crippen LogP contribution in [0, 0.1) is 0 Å². The Morgan fingerprint density at radius 2 is 2.30 bits per heavy atom. The van der Waals surface area contributed by atoms with Crippen LogP contribution in [0.25, 0.3) is 10.9 Å². The third-order valence-electron chi connectivity index (χ3n) is 3.86. The van der Waals surface area contributed by atoms with Crippen LogP contribution in [0.15, 0.2) is 28.9 Å². The standard InChI is InChI=1S/C15H18BrN3O/c1-20-11-3-2-6-19(9-11)15-12-7-10(16)4-5-14(12)18-8-13(15)17/h4-5,7-8,11H,2-3,6,9,17H2,1H3. The molecule has 106 valence electrons. The molecule has 1 unspecified atom stereocenters. The van der Waals surface area contributed by atoms with Gasteiger partial charge in [-0.05, 0) is 31.0 Å².